The van der Waals surface area contributed by atoms with Crippen LogP contribution < -0.4 is 23.7 Å². The number of aryl methyl sites for hydroxylation is 4. The Kier molecular flexibility index (Phi) is 8.93. The molecule has 0 radical (unpaired) electrons. The monoisotopic (exact) mass is 498 g/mol. The quantitative estimate of drug-likeness (QED) is 0.209. The number of rotatable bonds is 12. The van der Waals surface area contributed by atoms with E-state index in [1.807, 2.05) is 42.5 Å². The molecule has 0 amide bonds. The number of methoxy groups -OCH3 is 4. The third-order valence-corrected chi connectivity index (χ3v) is 6.33. The molecule has 5 nitrogen and oxygen atoms in total. The summed E-state index contributed by atoms with van der Waals surface area (Å²) in [6, 6.07) is 28.4. The summed E-state index contributed by atoms with van der Waals surface area (Å²) in [5.74, 6) is 4.58. The molecule has 37 heavy (non-hydrogen) atoms. The van der Waals surface area contributed by atoms with Crippen molar-refractivity contribution in [2.75, 3.05) is 28.4 Å². The zero-order chi connectivity index (χ0) is 26.0. The second kappa shape index (κ2) is 12.7. The van der Waals surface area contributed by atoms with E-state index in [4.69, 9.17) is 23.7 Å². The fraction of sp³-hybridized carbons (Fsp3) is 0.250. The van der Waals surface area contributed by atoms with Crippen LogP contribution in [0, 0.1) is 0 Å². The molecule has 0 spiro atoms. The van der Waals surface area contributed by atoms with Crippen molar-refractivity contribution in [3.05, 3.63) is 107 Å². The molecule has 0 aliphatic carbocycles. The lowest BCUT2D eigenvalue weighted by Gasteiger charge is -2.14. The molecule has 0 bridgehead atoms. The van der Waals surface area contributed by atoms with Crippen molar-refractivity contribution in [3.8, 4) is 34.5 Å². The number of ether oxygens (including phenoxy) is 5. The van der Waals surface area contributed by atoms with Gasteiger partial charge < -0.3 is 23.7 Å². The fourth-order valence-corrected chi connectivity index (χ4v) is 4.23. The topological polar surface area (TPSA) is 46.2 Å². The number of benzene rings is 4. The molecule has 0 aromatic heterocycles. The second-order valence-corrected chi connectivity index (χ2v) is 8.80. The van der Waals surface area contributed by atoms with E-state index in [1.54, 1.807) is 28.4 Å². The zero-order valence-electron chi connectivity index (χ0n) is 22.0. The molecule has 192 valence electrons. The van der Waals surface area contributed by atoms with Crippen LogP contribution >= 0.6 is 0 Å². The Hall–Kier alpha value is -4.12. The largest absolute Gasteiger partial charge is 0.497 e. The average molecular weight is 499 g/mol. The molecular formula is C32H34O5. The molecule has 0 heterocycles. The van der Waals surface area contributed by atoms with Crippen molar-refractivity contribution in [2.24, 2.45) is 0 Å². The molecule has 0 saturated heterocycles. The van der Waals surface area contributed by atoms with Crippen LogP contribution in [0.5, 0.6) is 34.5 Å². The highest BCUT2D eigenvalue weighted by Gasteiger charge is 2.10. The van der Waals surface area contributed by atoms with Gasteiger partial charge in [-0.25, -0.2) is 0 Å². The minimum absolute atomic E-state index is 0.669. The van der Waals surface area contributed by atoms with Crippen LogP contribution in [0.3, 0.4) is 0 Å². The van der Waals surface area contributed by atoms with Gasteiger partial charge in [-0.1, -0.05) is 30.3 Å². The molecule has 0 saturated carbocycles. The Labute approximate surface area is 219 Å². The average Bonchev–Trinajstić information content (AvgIpc) is 2.95. The number of hydrogen-bond acceptors (Lipinski definition) is 5. The highest BCUT2D eigenvalue weighted by Crippen LogP contribution is 2.35. The van der Waals surface area contributed by atoms with Crippen molar-refractivity contribution >= 4 is 0 Å². The van der Waals surface area contributed by atoms with Crippen LogP contribution in [-0.4, -0.2) is 28.4 Å². The van der Waals surface area contributed by atoms with Crippen molar-refractivity contribution in [2.45, 2.75) is 25.7 Å². The standard InChI is InChI=1S/C32H34O5/c1-33-27-15-12-23(13-16-27)8-11-26-19-29(35-3)22-30(20-26)37-31-17-14-25(21-32(31)36-4)10-9-24-6-5-7-28(18-24)34-2/h5-7,12-22H,8-11H2,1-4H3. The maximum atomic E-state index is 6.28. The Bertz CT molecular complexity index is 1300. The van der Waals surface area contributed by atoms with Gasteiger partial charge in [0.2, 0.25) is 0 Å². The van der Waals surface area contributed by atoms with Gasteiger partial charge in [0.05, 0.1) is 28.4 Å². The third kappa shape index (κ3) is 7.20. The van der Waals surface area contributed by atoms with Crippen molar-refractivity contribution in [1.29, 1.82) is 0 Å². The molecule has 0 unspecified atom stereocenters. The summed E-state index contributed by atoms with van der Waals surface area (Å²) in [5, 5.41) is 0. The summed E-state index contributed by atoms with van der Waals surface area (Å²) < 4.78 is 28.1. The van der Waals surface area contributed by atoms with Gasteiger partial charge in [0.1, 0.15) is 23.0 Å². The fourth-order valence-electron chi connectivity index (χ4n) is 4.23. The maximum Gasteiger partial charge on any atom is 0.169 e. The minimum Gasteiger partial charge on any atom is -0.497 e. The highest BCUT2D eigenvalue weighted by atomic mass is 16.5. The highest BCUT2D eigenvalue weighted by molar-refractivity contribution is 5.48. The van der Waals surface area contributed by atoms with E-state index in [9.17, 15) is 0 Å². The van der Waals surface area contributed by atoms with Gasteiger partial charge >= 0.3 is 0 Å². The first-order chi connectivity index (χ1) is 18.1. The Morgan fingerprint density at radius 1 is 0.405 bits per heavy atom. The molecule has 4 aromatic carbocycles. The molecule has 4 rings (SSSR count). The van der Waals surface area contributed by atoms with Crippen LogP contribution in [0.15, 0.2) is 84.9 Å². The van der Waals surface area contributed by atoms with Crippen LogP contribution in [0.1, 0.15) is 22.3 Å². The lowest BCUT2D eigenvalue weighted by atomic mass is 10.0. The van der Waals surface area contributed by atoms with Crippen molar-refractivity contribution in [3.63, 3.8) is 0 Å². The van der Waals surface area contributed by atoms with Gasteiger partial charge in [-0.15, -0.1) is 0 Å². The Morgan fingerprint density at radius 2 is 1.00 bits per heavy atom. The van der Waals surface area contributed by atoms with E-state index in [0.717, 1.165) is 48.5 Å². The van der Waals surface area contributed by atoms with Crippen molar-refractivity contribution < 1.29 is 23.7 Å². The molecular weight excluding hydrogens is 464 g/mol. The molecule has 0 aliphatic heterocycles. The molecule has 0 aliphatic rings. The van der Waals surface area contributed by atoms with E-state index in [0.29, 0.717) is 17.2 Å². The van der Waals surface area contributed by atoms with E-state index in [-0.39, 0.29) is 0 Å². The smallest absolute Gasteiger partial charge is 0.169 e. The van der Waals surface area contributed by atoms with Gasteiger partial charge in [-0.3, -0.25) is 0 Å². The normalized spacial score (nSPS) is 10.6. The predicted molar refractivity (Wildman–Crippen MR) is 147 cm³/mol. The third-order valence-electron chi connectivity index (χ3n) is 6.33. The Morgan fingerprint density at radius 3 is 1.70 bits per heavy atom. The first-order valence-electron chi connectivity index (χ1n) is 12.4. The maximum absolute atomic E-state index is 6.28. The van der Waals surface area contributed by atoms with E-state index < -0.39 is 0 Å². The second-order valence-electron chi connectivity index (χ2n) is 8.80. The van der Waals surface area contributed by atoms with Crippen LogP contribution in [-0.2, 0) is 25.7 Å². The summed E-state index contributed by atoms with van der Waals surface area (Å²) in [5.41, 5.74) is 4.80. The lowest BCUT2D eigenvalue weighted by molar-refractivity contribution is 0.375. The number of hydrogen-bond donors (Lipinski definition) is 0. The summed E-state index contributed by atoms with van der Waals surface area (Å²) in [7, 11) is 6.70. The van der Waals surface area contributed by atoms with Crippen LogP contribution in [0.4, 0.5) is 0 Å². The molecule has 0 atom stereocenters. The Balaban J connectivity index is 1.45. The molecule has 5 heteroatoms. The van der Waals surface area contributed by atoms with Crippen LogP contribution in [0.2, 0.25) is 0 Å². The zero-order valence-corrected chi connectivity index (χ0v) is 22.0. The van der Waals surface area contributed by atoms with E-state index in [1.165, 1.54) is 16.7 Å². The molecule has 0 N–H and O–H groups in total. The predicted octanol–water partition coefficient (Wildman–Crippen LogP) is 7.08. The first-order valence-corrected chi connectivity index (χ1v) is 12.4. The van der Waals surface area contributed by atoms with E-state index in [2.05, 4.69) is 42.5 Å². The van der Waals surface area contributed by atoms with Gasteiger partial charge in [-0.2, -0.15) is 0 Å². The van der Waals surface area contributed by atoms with Gasteiger partial charge in [0.25, 0.3) is 0 Å². The summed E-state index contributed by atoms with van der Waals surface area (Å²) in [6.45, 7) is 0. The van der Waals surface area contributed by atoms with Crippen LogP contribution in [0.25, 0.3) is 0 Å². The summed E-state index contributed by atoms with van der Waals surface area (Å²) >= 11 is 0. The SMILES string of the molecule is COc1ccc(CCc2cc(OC)cc(Oc3ccc(CCc4cccc(OC)c4)cc3OC)c2)cc1. The first kappa shape index (κ1) is 26.0. The lowest BCUT2D eigenvalue weighted by Crippen LogP contribution is -1.97. The van der Waals surface area contributed by atoms with E-state index >= 15 is 0 Å². The van der Waals surface area contributed by atoms with Crippen molar-refractivity contribution in [1.82, 2.24) is 0 Å². The van der Waals surface area contributed by atoms with Gasteiger partial charge in [0.15, 0.2) is 11.5 Å². The van der Waals surface area contributed by atoms with Gasteiger partial charge in [0, 0.05) is 6.07 Å². The molecule has 4 aromatic rings. The minimum atomic E-state index is 0.669. The molecule has 0 fully saturated rings. The summed E-state index contributed by atoms with van der Waals surface area (Å²) in [6.07, 6.45) is 3.56. The summed E-state index contributed by atoms with van der Waals surface area (Å²) in [4.78, 5) is 0. The van der Waals surface area contributed by atoms with Gasteiger partial charge in [-0.05, 0) is 96.5 Å².